The molecule has 0 saturated heterocycles. The molecule has 0 spiro atoms. The molecule has 0 aliphatic rings. The maximum atomic E-state index is 5.30. The maximum absolute atomic E-state index is 5.30. The van der Waals surface area contributed by atoms with Crippen LogP contribution in [-0.2, 0) is 13.6 Å². The molecule has 0 amide bonds. The number of rotatable bonds is 3. The Morgan fingerprint density at radius 1 is 1.32 bits per heavy atom. The van der Waals surface area contributed by atoms with Crippen LogP contribution in [0.2, 0.25) is 0 Å². The van der Waals surface area contributed by atoms with Crippen LogP contribution in [0.5, 0.6) is 0 Å². The van der Waals surface area contributed by atoms with E-state index in [0.29, 0.717) is 11.7 Å². The highest BCUT2D eigenvalue weighted by molar-refractivity contribution is 7.80. The molecule has 1 heterocycles. The second-order valence-electron chi connectivity index (χ2n) is 4.50. The lowest BCUT2D eigenvalue weighted by molar-refractivity contribution is 0.736. The first-order chi connectivity index (χ1) is 9.08. The van der Waals surface area contributed by atoms with Gasteiger partial charge in [0.05, 0.1) is 6.20 Å². The summed E-state index contributed by atoms with van der Waals surface area (Å²) < 4.78 is 1.86. The number of aryl methyl sites for hydroxylation is 2. The summed E-state index contributed by atoms with van der Waals surface area (Å²) in [6.45, 7) is 4.77. The SMILES string of the molecule is Cc1ccccc1NC(=S)NCc1cnn(C)c1C. The monoisotopic (exact) mass is 274 g/mol. The van der Waals surface area contributed by atoms with Crippen LogP contribution in [0.1, 0.15) is 16.8 Å². The van der Waals surface area contributed by atoms with Crippen LogP contribution < -0.4 is 10.6 Å². The van der Waals surface area contributed by atoms with Crippen molar-refractivity contribution >= 4 is 23.0 Å². The van der Waals surface area contributed by atoms with Gasteiger partial charge in [-0.3, -0.25) is 4.68 Å². The van der Waals surface area contributed by atoms with Crippen LogP contribution in [0.25, 0.3) is 0 Å². The topological polar surface area (TPSA) is 41.9 Å². The fourth-order valence-corrected chi connectivity index (χ4v) is 1.95. The smallest absolute Gasteiger partial charge is 0.171 e. The lowest BCUT2D eigenvalue weighted by atomic mass is 10.2. The second-order valence-corrected chi connectivity index (χ2v) is 4.91. The van der Waals surface area contributed by atoms with Gasteiger partial charge in [-0.05, 0) is 37.7 Å². The number of hydrogen-bond donors (Lipinski definition) is 2. The molecule has 4 nitrogen and oxygen atoms in total. The zero-order valence-corrected chi connectivity index (χ0v) is 12.2. The minimum absolute atomic E-state index is 0.623. The fraction of sp³-hybridized carbons (Fsp3) is 0.286. The molecule has 0 aliphatic carbocycles. The van der Waals surface area contributed by atoms with E-state index in [1.165, 1.54) is 5.56 Å². The summed E-state index contributed by atoms with van der Waals surface area (Å²) in [5.41, 5.74) is 4.50. The number of para-hydroxylation sites is 1. The van der Waals surface area contributed by atoms with Crippen molar-refractivity contribution in [2.75, 3.05) is 5.32 Å². The van der Waals surface area contributed by atoms with Crippen LogP contribution in [0.15, 0.2) is 30.5 Å². The first-order valence-corrected chi connectivity index (χ1v) is 6.56. The predicted molar refractivity (Wildman–Crippen MR) is 82.2 cm³/mol. The van der Waals surface area contributed by atoms with Gasteiger partial charge in [-0.1, -0.05) is 18.2 Å². The first kappa shape index (κ1) is 13.5. The Balaban J connectivity index is 1.92. The van der Waals surface area contributed by atoms with E-state index in [1.54, 1.807) is 0 Å². The highest BCUT2D eigenvalue weighted by Crippen LogP contribution is 2.13. The summed E-state index contributed by atoms with van der Waals surface area (Å²) in [5, 5.41) is 11.2. The van der Waals surface area contributed by atoms with Gasteiger partial charge in [0.2, 0.25) is 0 Å². The molecule has 2 aromatic rings. The number of nitrogens with zero attached hydrogens (tertiary/aromatic N) is 2. The Morgan fingerprint density at radius 3 is 2.68 bits per heavy atom. The van der Waals surface area contributed by atoms with Gasteiger partial charge in [0.25, 0.3) is 0 Å². The van der Waals surface area contributed by atoms with Crippen molar-refractivity contribution in [3.63, 3.8) is 0 Å². The zero-order valence-electron chi connectivity index (χ0n) is 11.4. The van der Waals surface area contributed by atoms with Gasteiger partial charge in [-0.15, -0.1) is 0 Å². The highest BCUT2D eigenvalue weighted by atomic mass is 32.1. The molecule has 0 atom stereocenters. The standard InChI is InChI=1S/C14H18N4S/c1-10-6-4-5-7-13(10)17-14(19)15-8-12-9-16-18(3)11(12)2/h4-7,9H,8H2,1-3H3,(H2,15,17,19). The van der Waals surface area contributed by atoms with Crippen molar-refractivity contribution in [1.29, 1.82) is 0 Å². The van der Waals surface area contributed by atoms with E-state index >= 15 is 0 Å². The third-order valence-electron chi connectivity index (χ3n) is 3.17. The number of thiocarbonyl (C=S) groups is 1. The third-order valence-corrected chi connectivity index (χ3v) is 3.42. The molecule has 1 aromatic heterocycles. The summed E-state index contributed by atoms with van der Waals surface area (Å²) in [7, 11) is 1.93. The van der Waals surface area contributed by atoms with Crippen molar-refractivity contribution in [3.8, 4) is 0 Å². The van der Waals surface area contributed by atoms with Crippen molar-refractivity contribution in [1.82, 2.24) is 15.1 Å². The van der Waals surface area contributed by atoms with Gasteiger partial charge >= 0.3 is 0 Å². The van der Waals surface area contributed by atoms with E-state index in [2.05, 4.69) is 28.7 Å². The summed E-state index contributed by atoms with van der Waals surface area (Å²) in [4.78, 5) is 0. The summed E-state index contributed by atoms with van der Waals surface area (Å²) in [6, 6.07) is 8.06. The Labute approximate surface area is 118 Å². The molecular weight excluding hydrogens is 256 g/mol. The van der Waals surface area contributed by atoms with Gasteiger partial charge in [0, 0.05) is 30.5 Å². The van der Waals surface area contributed by atoms with E-state index in [4.69, 9.17) is 12.2 Å². The molecule has 2 N–H and O–H groups in total. The normalized spacial score (nSPS) is 10.3. The molecule has 0 fully saturated rings. The number of hydrogen-bond acceptors (Lipinski definition) is 2. The minimum atomic E-state index is 0.623. The van der Waals surface area contributed by atoms with Gasteiger partial charge in [0.15, 0.2) is 5.11 Å². The molecular formula is C14H18N4S. The quantitative estimate of drug-likeness (QED) is 0.844. The molecule has 0 unspecified atom stereocenters. The van der Waals surface area contributed by atoms with Crippen LogP contribution >= 0.6 is 12.2 Å². The van der Waals surface area contributed by atoms with Gasteiger partial charge in [-0.25, -0.2) is 0 Å². The number of aromatic nitrogens is 2. The molecule has 100 valence electrons. The highest BCUT2D eigenvalue weighted by Gasteiger charge is 2.05. The van der Waals surface area contributed by atoms with Gasteiger partial charge < -0.3 is 10.6 Å². The Bertz CT molecular complexity index is 589. The molecule has 0 saturated carbocycles. The van der Waals surface area contributed by atoms with E-state index in [-0.39, 0.29) is 0 Å². The van der Waals surface area contributed by atoms with Gasteiger partial charge in [-0.2, -0.15) is 5.10 Å². The molecule has 1 aromatic carbocycles. The Kier molecular flexibility index (Phi) is 4.16. The molecule has 19 heavy (non-hydrogen) atoms. The Hall–Kier alpha value is -1.88. The maximum Gasteiger partial charge on any atom is 0.171 e. The fourth-order valence-electron chi connectivity index (χ4n) is 1.77. The largest absolute Gasteiger partial charge is 0.358 e. The Morgan fingerprint density at radius 2 is 2.05 bits per heavy atom. The zero-order chi connectivity index (χ0) is 13.8. The first-order valence-electron chi connectivity index (χ1n) is 6.16. The second kappa shape index (κ2) is 5.84. The minimum Gasteiger partial charge on any atom is -0.358 e. The van der Waals surface area contributed by atoms with Crippen molar-refractivity contribution in [2.24, 2.45) is 7.05 Å². The van der Waals surface area contributed by atoms with E-state index in [0.717, 1.165) is 16.9 Å². The van der Waals surface area contributed by atoms with Crippen LogP contribution in [0.4, 0.5) is 5.69 Å². The van der Waals surface area contributed by atoms with Crippen molar-refractivity contribution in [3.05, 3.63) is 47.3 Å². The number of nitrogens with one attached hydrogen (secondary N) is 2. The predicted octanol–water partition coefficient (Wildman–Crippen LogP) is 2.52. The molecule has 5 heteroatoms. The number of benzene rings is 1. The summed E-state index contributed by atoms with van der Waals surface area (Å²) >= 11 is 5.30. The summed E-state index contributed by atoms with van der Waals surface area (Å²) in [6.07, 6.45) is 1.86. The van der Waals surface area contributed by atoms with Gasteiger partial charge in [0.1, 0.15) is 0 Å². The van der Waals surface area contributed by atoms with E-state index in [9.17, 15) is 0 Å². The van der Waals surface area contributed by atoms with Crippen LogP contribution in [-0.4, -0.2) is 14.9 Å². The lowest BCUT2D eigenvalue weighted by Crippen LogP contribution is -2.28. The third kappa shape index (κ3) is 3.32. The number of anilines is 1. The summed E-state index contributed by atoms with van der Waals surface area (Å²) in [5.74, 6) is 0. The average Bonchev–Trinajstić information content (AvgIpc) is 2.70. The van der Waals surface area contributed by atoms with Crippen molar-refractivity contribution in [2.45, 2.75) is 20.4 Å². The van der Waals surface area contributed by atoms with Crippen molar-refractivity contribution < 1.29 is 0 Å². The molecule has 0 bridgehead atoms. The molecule has 0 radical (unpaired) electrons. The molecule has 0 aliphatic heterocycles. The molecule has 2 rings (SSSR count). The van der Waals surface area contributed by atoms with E-state index < -0.39 is 0 Å². The van der Waals surface area contributed by atoms with E-state index in [1.807, 2.05) is 43.0 Å². The van der Waals surface area contributed by atoms with Crippen LogP contribution in [0, 0.1) is 13.8 Å². The lowest BCUT2D eigenvalue weighted by Gasteiger charge is -2.12. The van der Waals surface area contributed by atoms with Crippen LogP contribution in [0.3, 0.4) is 0 Å². The average molecular weight is 274 g/mol.